The molecule has 0 unspecified atom stereocenters. The van der Waals surface area contributed by atoms with Crippen molar-refractivity contribution in [3.8, 4) is 11.5 Å². The van der Waals surface area contributed by atoms with Crippen LogP contribution in [0.3, 0.4) is 0 Å². The molecule has 0 aliphatic carbocycles. The second-order valence-electron chi connectivity index (χ2n) is 5.78. The van der Waals surface area contributed by atoms with Crippen LogP contribution in [0.25, 0.3) is 0 Å². The van der Waals surface area contributed by atoms with Crippen molar-refractivity contribution in [3.63, 3.8) is 0 Å². The molecule has 0 bridgehead atoms. The zero-order valence-electron chi connectivity index (χ0n) is 14.8. The maximum atomic E-state index is 12.7. The first-order valence-electron chi connectivity index (χ1n) is 7.94. The van der Waals surface area contributed by atoms with Crippen molar-refractivity contribution in [2.75, 3.05) is 19.2 Å². The number of ketones is 1. The topological polar surface area (TPSA) is 134 Å². The highest BCUT2D eigenvalue weighted by Crippen LogP contribution is 2.37. The van der Waals surface area contributed by atoms with Gasteiger partial charge in [-0.1, -0.05) is 0 Å². The molecule has 0 saturated heterocycles. The number of anilines is 1. The number of nitrogens with zero attached hydrogens (tertiary/aromatic N) is 1. The summed E-state index contributed by atoms with van der Waals surface area (Å²) in [6.45, 7) is 1.30. The van der Waals surface area contributed by atoms with E-state index in [9.17, 15) is 24.5 Å². The number of nitro benzene ring substituents is 1. The smallest absolute Gasteiger partial charge is 0.338 e. The largest absolute Gasteiger partial charge is 0.465 e. The summed E-state index contributed by atoms with van der Waals surface area (Å²) in [6.07, 6.45) is 0. The highest BCUT2D eigenvalue weighted by Gasteiger charge is 2.23. The predicted molar refractivity (Wildman–Crippen MR) is 95.0 cm³/mol. The molecule has 0 atom stereocenters. The van der Waals surface area contributed by atoms with E-state index in [0.29, 0.717) is 11.5 Å². The fourth-order valence-corrected chi connectivity index (χ4v) is 2.61. The van der Waals surface area contributed by atoms with Crippen LogP contribution in [0, 0.1) is 10.1 Å². The summed E-state index contributed by atoms with van der Waals surface area (Å²) in [4.78, 5) is 46.7. The van der Waals surface area contributed by atoms with E-state index in [1.54, 1.807) is 0 Å². The van der Waals surface area contributed by atoms with E-state index in [-0.39, 0.29) is 35.0 Å². The molecule has 0 radical (unpaired) electrons. The molecular weight excluding hydrogens is 372 g/mol. The summed E-state index contributed by atoms with van der Waals surface area (Å²) >= 11 is 0. The van der Waals surface area contributed by atoms with Crippen LogP contribution in [0.4, 0.5) is 11.4 Å². The molecule has 1 aliphatic rings. The Morgan fingerprint density at radius 1 is 1.07 bits per heavy atom. The molecule has 28 heavy (non-hydrogen) atoms. The van der Waals surface area contributed by atoms with Gasteiger partial charge in [0.25, 0.3) is 11.6 Å². The fraction of sp³-hybridized carbons (Fsp3) is 0.167. The lowest BCUT2D eigenvalue weighted by Crippen LogP contribution is -2.16. The summed E-state index contributed by atoms with van der Waals surface area (Å²) in [7, 11) is 1.12. The number of methoxy groups -OCH3 is 1. The van der Waals surface area contributed by atoms with Crippen molar-refractivity contribution in [2.24, 2.45) is 0 Å². The zero-order valence-corrected chi connectivity index (χ0v) is 14.8. The minimum atomic E-state index is -0.828. The van der Waals surface area contributed by atoms with Gasteiger partial charge in [-0.15, -0.1) is 0 Å². The average Bonchev–Trinajstić information content (AvgIpc) is 3.13. The number of carbonyl (C=O) groups excluding carboxylic acids is 3. The normalized spacial score (nSPS) is 11.6. The third kappa shape index (κ3) is 3.61. The number of amides is 1. The van der Waals surface area contributed by atoms with E-state index in [4.69, 9.17) is 9.47 Å². The minimum Gasteiger partial charge on any atom is -0.465 e. The Morgan fingerprint density at radius 2 is 1.71 bits per heavy atom. The third-order valence-corrected chi connectivity index (χ3v) is 3.95. The Labute approximate surface area is 158 Å². The Bertz CT molecular complexity index is 1010. The lowest BCUT2D eigenvalue weighted by Gasteiger charge is -2.11. The summed E-state index contributed by atoms with van der Waals surface area (Å²) in [5.74, 6) is -1.20. The van der Waals surface area contributed by atoms with Crippen LogP contribution < -0.4 is 14.8 Å². The second kappa shape index (κ2) is 7.35. The summed E-state index contributed by atoms with van der Waals surface area (Å²) < 4.78 is 15.0. The molecule has 1 heterocycles. The summed E-state index contributed by atoms with van der Waals surface area (Å²) in [6, 6.07) is 6.05. The Balaban J connectivity index is 1.99. The van der Waals surface area contributed by atoms with Crippen LogP contribution in [0.2, 0.25) is 0 Å². The first-order chi connectivity index (χ1) is 13.3. The number of carbonyl (C=O) groups is 3. The van der Waals surface area contributed by atoms with Crippen LogP contribution in [-0.2, 0) is 4.74 Å². The number of hydrogen-bond acceptors (Lipinski definition) is 8. The number of Topliss-reactive ketones (excluding diaryl/α,β-unsaturated/α-hetero) is 1. The first kappa shape index (κ1) is 18.8. The number of nitrogens with one attached hydrogen (secondary N) is 1. The van der Waals surface area contributed by atoms with Gasteiger partial charge in [0.15, 0.2) is 17.3 Å². The van der Waals surface area contributed by atoms with Crippen LogP contribution in [0.15, 0.2) is 30.3 Å². The number of rotatable bonds is 5. The minimum absolute atomic E-state index is 0.0164. The molecule has 0 saturated carbocycles. The van der Waals surface area contributed by atoms with Crippen molar-refractivity contribution < 1.29 is 33.5 Å². The SMILES string of the molecule is COC(=O)c1cc(C(=O)Nc2cc3c(cc2C(C)=O)OCO3)cc([N+](=O)[O-])c1. The number of benzene rings is 2. The van der Waals surface area contributed by atoms with Crippen LogP contribution in [-0.4, -0.2) is 36.5 Å². The second-order valence-corrected chi connectivity index (χ2v) is 5.78. The van der Waals surface area contributed by atoms with Gasteiger partial charge < -0.3 is 19.5 Å². The number of esters is 1. The molecule has 0 spiro atoms. The van der Waals surface area contributed by atoms with E-state index in [0.717, 1.165) is 25.3 Å². The molecule has 0 fully saturated rings. The Kier molecular flexibility index (Phi) is 4.94. The Morgan fingerprint density at radius 3 is 2.32 bits per heavy atom. The van der Waals surface area contributed by atoms with Gasteiger partial charge in [-0.25, -0.2) is 4.79 Å². The van der Waals surface area contributed by atoms with Gasteiger partial charge >= 0.3 is 5.97 Å². The predicted octanol–water partition coefficient (Wildman–Crippen LogP) is 2.57. The number of nitro groups is 1. The van der Waals surface area contributed by atoms with Crippen LogP contribution >= 0.6 is 0 Å². The van der Waals surface area contributed by atoms with E-state index < -0.39 is 22.5 Å². The maximum Gasteiger partial charge on any atom is 0.338 e. The molecule has 10 nitrogen and oxygen atoms in total. The standard InChI is InChI=1S/C18H14N2O8/c1-9(21)13-6-15-16(28-8-27-15)7-14(13)19-17(22)10-3-11(18(23)26-2)5-12(4-10)20(24)25/h3-7H,8H2,1-2H3,(H,19,22). The van der Waals surface area contributed by atoms with Crippen molar-refractivity contribution >= 4 is 29.0 Å². The van der Waals surface area contributed by atoms with Crippen molar-refractivity contribution in [1.29, 1.82) is 0 Å². The average molecular weight is 386 g/mol. The van der Waals surface area contributed by atoms with Crippen molar-refractivity contribution in [3.05, 3.63) is 57.1 Å². The van der Waals surface area contributed by atoms with E-state index in [1.807, 2.05) is 0 Å². The molecule has 0 aromatic heterocycles. The fourth-order valence-electron chi connectivity index (χ4n) is 2.61. The molecule has 144 valence electrons. The van der Waals surface area contributed by atoms with Crippen LogP contribution in [0.1, 0.15) is 38.0 Å². The lowest BCUT2D eigenvalue weighted by molar-refractivity contribution is -0.384. The van der Waals surface area contributed by atoms with Gasteiger partial charge in [-0.2, -0.15) is 0 Å². The Hall–Kier alpha value is -3.95. The molecule has 2 aromatic rings. The molecule has 2 aromatic carbocycles. The molecule has 3 rings (SSSR count). The molecule has 1 amide bonds. The van der Waals surface area contributed by atoms with E-state index in [2.05, 4.69) is 10.1 Å². The molecule has 10 heteroatoms. The molecule has 1 N–H and O–H groups in total. The maximum absolute atomic E-state index is 12.7. The van der Waals surface area contributed by atoms with Gasteiger partial charge in [-0.05, 0) is 19.1 Å². The zero-order chi connectivity index (χ0) is 20.4. The van der Waals surface area contributed by atoms with E-state index >= 15 is 0 Å². The molecular formula is C18H14N2O8. The number of fused-ring (bicyclic) bond motifs is 1. The third-order valence-electron chi connectivity index (χ3n) is 3.95. The van der Waals surface area contributed by atoms with E-state index in [1.165, 1.54) is 19.1 Å². The van der Waals surface area contributed by atoms with Gasteiger partial charge in [0, 0.05) is 29.3 Å². The van der Waals surface area contributed by atoms with Gasteiger partial charge in [0.2, 0.25) is 6.79 Å². The summed E-state index contributed by atoms with van der Waals surface area (Å²) in [5, 5.41) is 13.6. The van der Waals surface area contributed by atoms with Crippen LogP contribution in [0.5, 0.6) is 11.5 Å². The first-order valence-corrected chi connectivity index (χ1v) is 7.94. The van der Waals surface area contributed by atoms with Gasteiger partial charge in [0.05, 0.1) is 23.3 Å². The van der Waals surface area contributed by atoms with Gasteiger partial charge in [0.1, 0.15) is 0 Å². The number of hydrogen-bond donors (Lipinski definition) is 1. The number of ether oxygens (including phenoxy) is 3. The lowest BCUT2D eigenvalue weighted by atomic mass is 10.1. The highest BCUT2D eigenvalue weighted by molar-refractivity contribution is 6.10. The highest BCUT2D eigenvalue weighted by atomic mass is 16.7. The number of non-ortho nitro benzene ring substituents is 1. The van der Waals surface area contributed by atoms with Gasteiger partial charge in [-0.3, -0.25) is 19.7 Å². The summed E-state index contributed by atoms with van der Waals surface area (Å²) in [5.41, 5.74) is -0.435. The quantitative estimate of drug-likeness (QED) is 0.359. The molecule has 1 aliphatic heterocycles. The monoisotopic (exact) mass is 386 g/mol. The van der Waals surface area contributed by atoms with Crippen molar-refractivity contribution in [1.82, 2.24) is 0 Å². The van der Waals surface area contributed by atoms with Crippen molar-refractivity contribution in [2.45, 2.75) is 6.92 Å².